The molecule has 1 N–H and O–H groups in total. The Labute approximate surface area is 97.0 Å². The van der Waals surface area contributed by atoms with Crippen molar-refractivity contribution in [2.45, 2.75) is 32.9 Å². The Balaban J connectivity index is 2.45. The van der Waals surface area contributed by atoms with Gasteiger partial charge in [-0.15, -0.1) is 0 Å². The maximum atomic E-state index is 11.7. The molecule has 88 valence electrons. The van der Waals surface area contributed by atoms with Gasteiger partial charge in [0.2, 0.25) is 5.91 Å². The first kappa shape index (κ1) is 12.8. The molecule has 2 unspecified atom stereocenters. The number of nitrogens with one attached hydrogen (secondary N) is 1. The highest BCUT2D eigenvalue weighted by atomic mass is 32.2. The molecule has 4 heteroatoms. The Kier molecular flexibility index (Phi) is 5.47. The number of hydrogen-bond donors (Lipinski definition) is 1. The molecule has 0 bridgehead atoms. The Bertz CT molecular complexity index is 211. The molecule has 0 aliphatic carbocycles. The Morgan fingerprint density at radius 3 is 3.00 bits per heavy atom. The number of thioether (sulfide) groups is 1. The first-order valence-corrected chi connectivity index (χ1v) is 7.10. The highest BCUT2D eigenvalue weighted by Crippen LogP contribution is 2.14. The fourth-order valence-corrected chi connectivity index (χ4v) is 2.70. The van der Waals surface area contributed by atoms with Crippen molar-refractivity contribution in [3.8, 4) is 0 Å². The zero-order chi connectivity index (χ0) is 11.3. The molecule has 0 saturated carbocycles. The molecule has 0 radical (unpaired) electrons. The van der Waals surface area contributed by atoms with Gasteiger partial charge in [-0.25, -0.2) is 0 Å². The second-order valence-corrected chi connectivity index (χ2v) is 5.20. The normalized spacial score (nSPS) is 23.5. The molecular formula is C11H22N2OS. The molecule has 1 aliphatic heterocycles. The first-order valence-electron chi connectivity index (χ1n) is 5.70. The molecule has 0 aromatic heterocycles. The fourth-order valence-electron chi connectivity index (χ4n) is 2.02. The van der Waals surface area contributed by atoms with E-state index in [1.165, 1.54) is 0 Å². The van der Waals surface area contributed by atoms with Crippen molar-refractivity contribution in [3.63, 3.8) is 0 Å². The second kappa shape index (κ2) is 6.38. The fraction of sp³-hybridized carbons (Fsp3) is 0.909. The quantitative estimate of drug-likeness (QED) is 0.751. The summed E-state index contributed by atoms with van der Waals surface area (Å²) in [4.78, 5) is 13.7. The molecule has 1 rings (SSSR count). The van der Waals surface area contributed by atoms with Crippen molar-refractivity contribution in [3.05, 3.63) is 0 Å². The predicted molar refractivity (Wildman–Crippen MR) is 66.0 cm³/mol. The Morgan fingerprint density at radius 2 is 2.40 bits per heavy atom. The minimum absolute atomic E-state index is 0.265. The summed E-state index contributed by atoms with van der Waals surface area (Å²) in [7, 11) is 0. The summed E-state index contributed by atoms with van der Waals surface area (Å²) in [5, 5.41) is 3.27. The highest BCUT2D eigenvalue weighted by Gasteiger charge is 2.30. The van der Waals surface area contributed by atoms with Gasteiger partial charge in [0.05, 0.1) is 12.7 Å². The summed E-state index contributed by atoms with van der Waals surface area (Å²) >= 11 is 1.85. The largest absolute Gasteiger partial charge is 0.326 e. The SMILES string of the molecule is CCCC1NCC(=O)N1CC(C)CSC. The van der Waals surface area contributed by atoms with E-state index >= 15 is 0 Å². The van der Waals surface area contributed by atoms with Gasteiger partial charge in [-0.1, -0.05) is 20.3 Å². The average molecular weight is 230 g/mol. The summed E-state index contributed by atoms with van der Waals surface area (Å²) in [6.07, 6.45) is 4.59. The van der Waals surface area contributed by atoms with E-state index in [4.69, 9.17) is 0 Å². The maximum Gasteiger partial charge on any atom is 0.237 e. The monoisotopic (exact) mass is 230 g/mol. The molecule has 15 heavy (non-hydrogen) atoms. The van der Waals surface area contributed by atoms with E-state index in [9.17, 15) is 4.79 Å². The topological polar surface area (TPSA) is 32.3 Å². The minimum atomic E-state index is 0.265. The van der Waals surface area contributed by atoms with Crippen LogP contribution >= 0.6 is 11.8 Å². The van der Waals surface area contributed by atoms with Crippen LogP contribution in [0.2, 0.25) is 0 Å². The van der Waals surface area contributed by atoms with Crippen LogP contribution in [0, 0.1) is 5.92 Å². The van der Waals surface area contributed by atoms with Crippen molar-refractivity contribution in [1.82, 2.24) is 10.2 Å². The van der Waals surface area contributed by atoms with E-state index in [2.05, 4.69) is 25.4 Å². The van der Waals surface area contributed by atoms with Crippen molar-refractivity contribution >= 4 is 17.7 Å². The number of hydrogen-bond acceptors (Lipinski definition) is 3. The van der Waals surface area contributed by atoms with Crippen molar-refractivity contribution in [2.75, 3.05) is 25.1 Å². The molecule has 0 aromatic carbocycles. The van der Waals surface area contributed by atoms with Crippen LogP contribution in [0.1, 0.15) is 26.7 Å². The molecule has 2 atom stereocenters. The number of carbonyl (C=O) groups excluding carboxylic acids is 1. The first-order chi connectivity index (χ1) is 7.19. The summed E-state index contributed by atoms with van der Waals surface area (Å²) in [5.41, 5.74) is 0. The summed E-state index contributed by atoms with van der Waals surface area (Å²) in [5.74, 6) is 1.98. The van der Waals surface area contributed by atoms with Crippen LogP contribution in [0.25, 0.3) is 0 Å². The van der Waals surface area contributed by atoms with Crippen LogP contribution in [-0.2, 0) is 4.79 Å². The van der Waals surface area contributed by atoms with Gasteiger partial charge < -0.3 is 4.90 Å². The van der Waals surface area contributed by atoms with Gasteiger partial charge in [0.15, 0.2) is 0 Å². The number of rotatable bonds is 6. The third-order valence-electron chi connectivity index (χ3n) is 2.71. The highest BCUT2D eigenvalue weighted by molar-refractivity contribution is 7.98. The zero-order valence-corrected chi connectivity index (χ0v) is 10.8. The molecule has 1 heterocycles. The van der Waals surface area contributed by atoms with Crippen molar-refractivity contribution < 1.29 is 4.79 Å². The van der Waals surface area contributed by atoms with E-state index in [1.54, 1.807) is 0 Å². The molecule has 3 nitrogen and oxygen atoms in total. The van der Waals surface area contributed by atoms with Crippen LogP contribution in [-0.4, -0.2) is 42.1 Å². The van der Waals surface area contributed by atoms with Crippen LogP contribution < -0.4 is 5.32 Å². The van der Waals surface area contributed by atoms with Crippen LogP contribution in [0.4, 0.5) is 0 Å². The van der Waals surface area contributed by atoms with E-state index in [-0.39, 0.29) is 12.1 Å². The van der Waals surface area contributed by atoms with Gasteiger partial charge in [-0.3, -0.25) is 10.1 Å². The van der Waals surface area contributed by atoms with Crippen LogP contribution in [0.15, 0.2) is 0 Å². The van der Waals surface area contributed by atoms with Gasteiger partial charge >= 0.3 is 0 Å². The van der Waals surface area contributed by atoms with E-state index in [1.807, 2.05) is 16.7 Å². The second-order valence-electron chi connectivity index (χ2n) is 4.29. The van der Waals surface area contributed by atoms with Gasteiger partial charge in [0.25, 0.3) is 0 Å². The third kappa shape index (κ3) is 3.68. The van der Waals surface area contributed by atoms with Gasteiger partial charge in [-0.05, 0) is 24.3 Å². The maximum absolute atomic E-state index is 11.7. The molecular weight excluding hydrogens is 208 g/mol. The van der Waals surface area contributed by atoms with Crippen molar-refractivity contribution in [1.29, 1.82) is 0 Å². The number of carbonyl (C=O) groups is 1. The van der Waals surface area contributed by atoms with Crippen LogP contribution in [0.5, 0.6) is 0 Å². The lowest BCUT2D eigenvalue weighted by molar-refractivity contribution is -0.128. The lowest BCUT2D eigenvalue weighted by Crippen LogP contribution is -2.40. The predicted octanol–water partition coefficient (Wildman–Crippen LogP) is 1.54. The summed E-state index contributed by atoms with van der Waals surface area (Å²) < 4.78 is 0. The van der Waals surface area contributed by atoms with Gasteiger partial charge in [0, 0.05) is 6.54 Å². The standard InChI is InChI=1S/C11H22N2OS/c1-4-5-10-12-6-11(14)13(10)7-9(2)8-15-3/h9-10,12H,4-8H2,1-3H3. The lowest BCUT2D eigenvalue weighted by Gasteiger charge is -2.26. The molecule has 0 spiro atoms. The third-order valence-corrected chi connectivity index (χ3v) is 3.61. The average Bonchev–Trinajstić information content (AvgIpc) is 2.51. The molecule has 1 amide bonds. The van der Waals surface area contributed by atoms with Crippen LogP contribution in [0.3, 0.4) is 0 Å². The molecule has 0 aromatic rings. The summed E-state index contributed by atoms with van der Waals surface area (Å²) in [6.45, 7) is 5.80. The molecule has 1 aliphatic rings. The smallest absolute Gasteiger partial charge is 0.237 e. The lowest BCUT2D eigenvalue weighted by atomic mass is 10.2. The summed E-state index contributed by atoms with van der Waals surface area (Å²) in [6, 6.07) is 0. The number of nitrogens with zero attached hydrogens (tertiary/aromatic N) is 1. The van der Waals surface area contributed by atoms with E-state index in [0.717, 1.165) is 25.1 Å². The molecule has 1 fully saturated rings. The zero-order valence-electron chi connectivity index (χ0n) is 9.95. The number of amides is 1. The minimum Gasteiger partial charge on any atom is -0.326 e. The Hall–Kier alpha value is -0.220. The van der Waals surface area contributed by atoms with Gasteiger partial charge in [-0.2, -0.15) is 11.8 Å². The van der Waals surface area contributed by atoms with Gasteiger partial charge in [0.1, 0.15) is 0 Å². The Morgan fingerprint density at radius 1 is 1.67 bits per heavy atom. The van der Waals surface area contributed by atoms with Crippen molar-refractivity contribution in [2.24, 2.45) is 5.92 Å². The molecule has 1 saturated heterocycles. The van der Waals surface area contributed by atoms with E-state index in [0.29, 0.717) is 12.5 Å². The van der Waals surface area contributed by atoms with E-state index < -0.39 is 0 Å².